The third-order valence-electron chi connectivity index (χ3n) is 5.86. The SMILES string of the molecule is O=C1N=C(N2CCC3(CC2)OC(=O)c2ccccc23)S/C1=C(/CO)c1ccc(Cl)nc1. The topological polar surface area (TPSA) is 92.1 Å². The molecule has 2 aromatic rings. The highest BCUT2D eigenvalue weighted by atomic mass is 35.5. The predicted molar refractivity (Wildman–Crippen MR) is 118 cm³/mol. The number of amidine groups is 1. The lowest BCUT2D eigenvalue weighted by atomic mass is 9.84. The van der Waals surface area contributed by atoms with Crippen LogP contribution >= 0.6 is 23.4 Å². The Balaban J connectivity index is 1.34. The van der Waals surface area contributed by atoms with Crippen LogP contribution in [0.1, 0.15) is 34.3 Å². The molecule has 1 amide bonds. The van der Waals surface area contributed by atoms with Gasteiger partial charge >= 0.3 is 5.97 Å². The molecule has 0 aliphatic carbocycles. The molecule has 31 heavy (non-hydrogen) atoms. The van der Waals surface area contributed by atoms with Crippen LogP contribution in [-0.2, 0) is 15.1 Å². The largest absolute Gasteiger partial charge is 0.450 e. The van der Waals surface area contributed by atoms with E-state index >= 15 is 0 Å². The Kier molecular flexibility index (Phi) is 5.08. The number of fused-ring (bicyclic) bond motifs is 2. The number of aromatic nitrogens is 1. The number of carbonyl (C=O) groups is 2. The molecule has 0 atom stereocenters. The predicted octanol–water partition coefficient (Wildman–Crippen LogP) is 3.23. The van der Waals surface area contributed by atoms with Gasteiger partial charge in [-0.25, -0.2) is 9.78 Å². The number of hydrogen-bond donors (Lipinski definition) is 1. The number of hydrogen-bond acceptors (Lipinski definition) is 7. The molecule has 0 unspecified atom stereocenters. The highest BCUT2D eigenvalue weighted by Gasteiger charge is 2.48. The zero-order valence-electron chi connectivity index (χ0n) is 16.4. The summed E-state index contributed by atoms with van der Waals surface area (Å²) < 4.78 is 5.80. The molecule has 1 fully saturated rings. The fourth-order valence-corrected chi connectivity index (χ4v) is 5.42. The number of piperidine rings is 1. The lowest BCUT2D eigenvalue weighted by Crippen LogP contribution is -2.44. The molecular formula is C22H18ClN3O4S. The second kappa shape index (κ2) is 7.78. The summed E-state index contributed by atoms with van der Waals surface area (Å²) in [4.78, 5) is 35.6. The Labute approximate surface area is 187 Å². The quantitative estimate of drug-likeness (QED) is 0.422. The van der Waals surface area contributed by atoms with Crippen LogP contribution in [-0.4, -0.2) is 51.7 Å². The summed E-state index contributed by atoms with van der Waals surface area (Å²) in [5, 5.41) is 10.8. The summed E-state index contributed by atoms with van der Waals surface area (Å²) >= 11 is 7.09. The van der Waals surface area contributed by atoms with E-state index in [1.165, 1.54) is 18.0 Å². The number of aliphatic imine (C=N–C) groups is 1. The number of halogens is 1. The van der Waals surface area contributed by atoms with E-state index in [0.717, 1.165) is 5.56 Å². The first kappa shape index (κ1) is 20.2. The molecule has 1 aromatic carbocycles. The van der Waals surface area contributed by atoms with Crippen molar-refractivity contribution in [1.29, 1.82) is 0 Å². The van der Waals surface area contributed by atoms with Crippen LogP contribution < -0.4 is 0 Å². The number of ether oxygens (including phenoxy) is 1. The zero-order valence-corrected chi connectivity index (χ0v) is 17.9. The lowest BCUT2D eigenvalue weighted by molar-refractivity contribution is -0.113. The molecule has 7 nitrogen and oxygen atoms in total. The first-order chi connectivity index (χ1) is 15.0. The summed E-state index contributed by atoms with van der Waals surface area (Å²) in [7, 11) is 0. The minimum atomic E-state index is -0.609. The molecule has 5 rings (SSSR count). The van der Waals surface area contributed by atoms with Crippen molar-refractivity contribution >= 4 is 46.0 Å². The maximum Gasteiger partial charge on any atom is 0.339 e. The van der Waals surface area contributed by atoms with E-state index in [0.29, 0.717) is 57.9 Å². The maximum absolute atomic E-state index is 12.6. The number of thioether (sulfide) groups is 1. The molecule has 3 aliphatic heterocycles. The molecule has 4 heterocycles. The number of likely N-dealkylation sites (tertiary alicyclic amines) is 1. The van der Waals surface area contributed by atoms with E-state index < -0.39 is 5.60 Å². The van der Waals surface area contributed by atoms with Crippen molar-refractivity contribution in [2.24, 2.45) is 4.99 Å². The zero-order chi connectivity index (χ0) is 21.6. The Morgan fingerprint density at radius 3 is 2.68 bits per heavy atom. The minimum Gasteiger partial charge on any atom is -0.450 e. The Bertz CT molecular complexity index is 1140. The lowest BCUT2D eigenvalue weighted by Gasteiger charge is -2.39. The fourth-order valence-electron chi connectivity index (χ4n) is 4.25. The van der Waals surface area contributed by atoms with Gasteiger partial charge in [-0.05, 0) is 35.5 Å². The summed E-state index contributed by atoms with van der Waals surface area (Å²) in [5.41, 5.74) is 2.07. The van der Waals surface area contributed by atoms with Gasteiger partial charge in [0, 0.05) is 43.3 Å². The van der Waals surface area contributed by atoms with E-state index in [1.54, 1.807) is 18.2 Å². The van der Waals surface area contributed by atoms with Crippen molar-refractivity contribution in [3.05, 3.63) is 69.3 Å². The maximum atomic E-state index is 12.6. The third kappa shape index (κ3) is 3.44. The highest BCUT2D eigenvalue weighted by molar-refractivity contribution is 8.18. The van der Waals surface area contributed by atoms with E-state index in [2.05, 4.69) is 9.98 Å². The molecule has 1 aromatic heterocycles. The van der Waals surface area contributed by atoms with Gasteiger partial charge in [-0.15, -0.1) is 0 Å². The Morgan fingerprint density at radius 2 is 1.97 bits per heavy atom. The van der Waals surface area contributed by atoms with Gasteiger partial charge in [0.25, 0.3) is 5.91 Å². The first-order valence-electron chi connectivity index (χ1n) is 9.85. The molecule has 0 saturated carbocycles. The van der Waals surface area contributed by atoms with Crippen LogP contribution in [0.25, 0.3) is 5.57 Å². The molecule has 0 bridgehead atoms. The third-order valence-corrected chi connectivity index (χ3v) is 7.24. The fraction of sp³-hybridized carbons (Fsp3) is 0.273. The minimum absolute atomic E-state index is 0.277. The van der Waals surface area contributed by atoms with Gasteiger partial charge in [0.1, 0.15) is 10.8 Å². The van der Waals surface area contributed by atoms with Gasteiger partial charge in [-0.1, -0.05) is 29.8 Å². The van der Waals surface area contributed by atoms with Gasteiger partial charge in [0.05, 0.1) is 17.1 Å². The number of pyridine rings is 1. The first-order valence-corrected chi connectivity index (χ1v) is 11.0. The number of benzene rings is 1. The monoisotopic (exact) mass is 455 g/mol. The summed E-state index contributed by atoms with van der Waals surface area (Å²) in [6.07, 6.45) is 2.77. The number of nitrogens with zero attached hydrogens (tertiary/aromatic N) is 3. The van der Waals surface area contributed by atoms with Crippen LogP contribution in [0.2, 0.25) is 5.15 Å². The van der Waals surface area contributed by atoms with Crippen molar-refractivity contribution in [3.8, 4) is 0 Å². The van der Waals surface area contributed by atoms with Crippen LogP contribution in [0, 0.1) is 0 Å². The van der Waals surface area contributed by atoms with Gasteiger partial charge in [0.15, 0.2) is 5.17 Å². The molecule has 3 aliphatic rings. The summed E-state index contributed by atoms with van der Waals surface area (Å²) in [5.74, 6) is -0.655. The van der Waals surface area contributed by atoms with Crippen LogP contribution in [0.3, 0.4) is 0 Å². The van der Waals surface area contributed by atoms with E-state index in [-0.39, 0.29) is 18.5 Å². The number of esters is 1. The van der Waals surface area contributed by atoms with E-state index in [1.807, 2.05) is 23.1 Å². The normalized spacial score (nSPS) is 21.2. The van der Waals surface area contributed by atoms with Gasteiger partial charge < -0.3 is 14.7 Å². The van der Waals surface area contributed by atoms with Crippen molar-refractivity contribution < 1.29 is 19.4 Å². The number of amides is 1. The molecule has 1 N–H and O–H groups in total. The number of aliphatic hydroxyl groups excluding tert-OH is 1. The van der Waals surface area contributed by atoms with Gasteiger partial charge in [-0.3, -0.25) is 4.79 Å². The van der Waals surface area contributed by atoms with Crippen LogP contribution in [0.4, 0.5) is 0 Å². The Morgan fingerprint density at radius 1 is 1.19 bits per heavy atom. The number of aliphatic hydroxyl groups is 1. The summed E-state index contributed by atoms with van der Waals surface area (Å²) in [6, 6.07) is 10.8. The highest BCUT2D eigenvalue weighted by Crippen LogP contribution is 2.45. The Hall–Kier alpha value is -2.68. The number of rotatable bonds is 2. The average Bonchev–Trinajstić information content (AvgIpc) is 3.29. The van der Waals surface area contributed by atoms with E-state index in [4.69, 9.17) is 16.3 Å². The standard InChI is InChI=1S/C22H18ClN3O4S/c23-17-6-5-13(11-24-17)15(12-27)18-19(28)25-21(31-18)26-9-7-22(8-10-26)16-4-2-1-3-14(16)20(29)30-22/h1-6,11,27H,7-10,12H2/b18-15-. The van der Waals surface area contributed by atoms with Gasteiger partial charge in [0.2, 0.25) is 0 Å². The molecule has 1 saturated heterocycles. The molecule has 9 heteroatoms. The second-order valence-corrected chi connectivity index (χ2v) is 8.92. The molecule has 0 radical (unpaired) electrons. The second-order valence-electron chi connectivity index (χ2n) is 7.55. The van der Waals surface area contributed by atoms with Crippen LogP contribution in [0.15, 0.2) is 52.5 Å². The molecule has 158 valence electrons. The van der Waals surface area contributed by atoms with Crippen molar-refractivity contribution in [2.75, 3.05) is 19.7 Å². The van der Waals surface area contributed by atoms with Crippen molar-refractivity contribution in [2.45, 2.75) is 18.4 Å². The van der Waals surface area contributed by atoms with Crippen LogP contribution in [0.5, 0.6) is 0 Å². The smallest absolute Gasteiger partial charge is 0.339 e. The molecule has 1 spiro atoms. The van der Waals surface area contributed by atoms with E-state index in [9.17, 15) is 14.7 Å². The average molecular weight is 456 g/mol. The molecular weight excluding hydrogens is 438 g/mol. The number of carbonyl (C=O) groups excluding carboxylic acids is 2. The van der Waals surface area contributed by atoms with Crippen molar-refractivity contribution in [3.63, 3.8) is 0 Å². The van der Waals surface area contributed by atoms with Crippen molar-refractivity contribution in [1.82, 2.24) is 9.88 Å². The summed E-state index contributed by atoms with van der Waals surface area (Å²) in [6.45, 7) is 0.895. The van der Waals surface area contributed by atoms with Gasteiger partial charge in [-0.2, -0.15) is 4.99 Å².